The number of pyridine rings is 1. The van der Waals surface area contributed by atoms with Crippen LogP contribution in [0, 0.1) is 5.92 Å². The Kier molecular flexibility index (Phi) is 4.31. The monoisotopic (exact) mass is 270 g/mol. The SMILES string of the molecule is CCS(=O)(=O)N[C@H]1COC[C@H]1Cc1ccncc1. The lowest BCUT2D eigenvalue weighted by molar-refractivity contribution is 0.183. The summed E-state index contributed by atoms with van der Waals surface area (Å²) in [5.41, 5.74) is 1.15. The molecule has 0 spiro atoms. The summed E-state index contributed by atoms with van der Waals surface area (Å²) in [6.45, 7) is 2.68. The molecule has 2 rings (SSSR count). The molecule has 0 radical (unpaired) electrons. The van der Waals surface area contributed by atoms with Crippen molar-refractivity contribution in [1.29, 1.82) is 0 Å². The molecule has 0 bridgehead atoms. The fraction of sp³-hybridized carbons (Fsp3) is 0.583. The topological polar surface area (TPSA) is 68.3 Å². The number of nitrogens with one attached hydrogen (secondary N) is 1. The van der Waals surface area contributed by atoms with Gasteiger partial charge >= 0.3 is 0 Å². The normalized spacial score (nSPS) is 24.3. The van der Waals surface area contributed by atoms with E-state index in [1.807, 2.05) is 12.1 Å². The van der Waals surface area contributed by atoms with Crippen molar-refractivity contribution in [3.8, 4) is 0 Å². The van der Waals surface area contributed by atoms with Crippen LogP contribution in [0.3, 0.4) is 0 Å². The quantitative estimate of drug-likeness (QED) is 0.849. The van der Waals surface area contributed by atoms with Crippen LogP contribution >= 0.6 is 0 Å². The molecule has 1 fully saturated rings. The fourth-order valence-corrected chi connectivity index (χ4v) is 2.95. The lowest BCUT2D eigenvalue weighted by Gasteiger charge is -2.18. The van der Waals surface area contributed by atoms with Crippen LogP contribution in [0.2, 0.25) is 0 Å². The standard InChI is InChI=1S/C12H18N2O3S/c1-2-18(15,16)14-12-9-17-8-11(12)7-10-3-5-13-6-4-10/h3-6,11-12,14H,2,7-9H2,1H3/t11-,12+/m1/s1. The van der Waals surface area contributed by atoms with Gasteiger partial charge in [0.25, 0.3) is 0 Å². The molecular formula is C12H18N2O3S. The lowest BCUT2D eigenvalue weighted by Crippen LogP contribution is -2.41. The van der Waals surface area contributed by atoms with E-state index in [2.05, 4.69) is 9.71 Å². The van der Waals surface area contributed by atoms with Gasteiger partial charge in [-0.3, -0.25) is 4.98 Å². The molecule has 5 nitrogen and oxygen atoms in total. The molecule has 1 aromatic heterocycles. The van der Waals surface area contributed by atoms with Crippen LogP contribution in [0.15, 0.2) is 24.5 Å². The minimum atomic E-state index is -3.17. The van der Waals surface area contributed by atoms with Crippen LogP contribution in [0.25, 0.3) is 0 Å². The first-order valence-corrected chi connectivity index (χ1v) is 7.72. The number of nitrogens with zero attached hydrogens (tertiary/aromatic N) is 1. The van der Waals surface area contributed by atoms with Crippen molar-refractivity contribution in [2.45, 2.75) is 19.4 Å². The second-order valence-corrected chi connectivity index (χ2v) is 6.53. The van der Waals surface area contributed by atoms with Crippen molar-refractivity contribution < 1.29 is 13.2 Å². The van der Waals surface area contributed by atoms with E-state index in [9.17, 15) is 8.42 Å². The molecule has 1 N–H and O–H groups in total. The second kappa shape index (κ2) is 5.77. The third kappa shape index (κ3) is 3.51. The largest absolute Gasteiger partial charge is 0.379 e. The van der Waals surface area contributed by atoms with E-state index < -0.39 is 10.0 Å². The maximum absolute atomic E-state index is 11.6. The molecule has 0 saturated carbocycles. The van der Waals surface area contributed by atoms with Crippen LogP contribution in [-0.2, 0) is 21.2 Å². The number of sulfonamides is 1. The molecule has 0 unspecified atom stereocenters. The highest BCUT2D eigenvalue weighted by Gasteiger charge is 2.31. The van der Waals surface area contributed by atoms with Gasteiger partial charge in [-0.15, -0.1) is 0 Å². The van der Waals surface area contributed by atoms with Gasteiger partial charge in [0.1, 0.15) is 0 Å². The van der Waals surface area contributed by atoms with Crippen molar-refractivity contribution in [2.24, 2.45) is 5.92 Å². The fourth-order valence-electron chi connectivity index (χ4n) is 2.07. The van der Waals surface area contributed by atoms with Crippen LogP contribution in [0.5, 0.6) is 0 Å². The van der Waals surface area contributed by atoms with Crippen LogP contribution in [0.1, 0.15) is 12.5 Å². The molecular weight excluding hydrogens is 252 g/mol. The number of hydrogen-bond donors (Lipinski definition) is 1. The first-order valence-electron chi connectivity index (χ1n) is 6.07. The summed E-state index contributed by atoms with van der Waals surface area (Å²) in [7, 11) is -3.17. The Morgan fingerprint density at radius 3 is 2.78 bits per heavy atom. The van der Waals surface area contributed by atoms with E-state index in [-0.39, 0.29) is 17.7 Å². The average Bonchev–Trinajstić information content (AvgIpc) is 2.77. The van der Waals surface area contributed by atoms with Gasteiger partial charge in [0.2, 0.25) is 10.0 Å². The van der Waals surface area contributed by atoms with Crippen LogP contribution in [0.4, 0.5) is 0 Å². The van der Waals surface area contributed by atoms with E-state index in [0.29, 0.717) is 13.2 Å². The maximum Gasteiger partial charge on any atom is 0.211 e. The van der Waals surface area contributed by atoms with E-state index in [0.717, 1.165) is 12.0 Å². The Bertz CT molecular complexity index is 475. The third-order valence-corrected chi connectivity index (χ3v) is 4.58. The van der Waals surface area contributed by atoms with Gasteiger partial charge in [0.05, 0.1) is 25.0 Å². The minimum absolute atomic E-state index is 0.103. The van der Waals surface area contributed by atoms with Crippen molar-refractivity contribution in [3.05, 3.63) is 30.1 Å². The summed E-state index contributed by atoms with van der Waals surface area (Å²) < 4.78 is 31.2. The molecule has 100 valence electrons. The number of rotatable bonds is 5. The van der Waals surface area contributed by atoms with Gasteiger partial charge in [-0.05, 0) is 31.0 Å². The summed E-state index contributed by atoms with van der Waals surface area (Å²) in [6.07, 6.45) is 4.30. The Labute approximate surface area is 108 Å². The zero-order valence-corrected chi connectivity index (χ0v) is 11.2. The van der Waals surface area contributed by atoms with E-state index >= 15 is 0 Å². The zero-order valence-electron chi connectivity index (χ0n) is 10.4. The molecule has 0 amide bonds. The first kappa shape index (κ1) is 13.5. The van der Waals surface area contributed by atoms with E-state index in [1.165, 1.54) is 0 Å². The predicted molar refractivity (Wildman–Crippen MR) is 68.6 cm³/mol. The van der Waals surface area contributed by atoms with Gasteiger partial charge < -0.3 is 4.74 Å². The highest BCUT2D eigenvalue weighted by Crippen LogP contribution is 2.19. The van der Waals surface area contributed by atoms with Crippen LogP contribution in [-0.4, -0.2) is 38.4 Å². The molecule has 1 aliphatic rings. The molecule has 2 heterocycles. The van der Waals surface area contributed by atoms with Gasteiger partial charge in [0.15, 0.2) is 0 Å². The summed E-state index contributed by atoms with van der Waals surface area (Å²) in [5, 5.41) is 0. The number of hydrogen-bond acceptors (Lipinski definition) is 4. The van der Waals surface area contributed by atoms with Crippen molar-refractivity contribution in [2.75, 3.05) is 19.0 Å². The zero-order chi connectivity index (χ0) is 13.0. The summed E-state index contributed by atoms with van der Waals surface area (Å²) in [4.78, 5) is 3.97. The van der Waals surface area contributed by atoms with E-state index in [1.54, 1.807) is 19.3 Å². The maximum atomic E-state index is 11.6. The Hall–Kier alpha value is -0.980. The third-order valence-electron chi connectivity index (χ3n) is 3.16. The predicted octanol–water partition coefficient (Wildman–Crippen LogP) is 0.578. The minimum Gasteiger partial charge on any atom is -0.379 e. The Morgan fingerprint density at radius 1 is 1.39 bits per heavy atom. The summed E-state index contributed by atoms with van der Waals surface area (Å²) in [5.74, 6) is 0.291. The van der Waals surface area contributed by atoms with Gasteiger partial charge in [-0.2, -0.15) is 0 Å². The Morgan fingerprint density at radius 2 is 2.11 bits per heavy atom. The molecule has 1 aliphatic heterocycles. The van der Waals surface area contributed by atoms with Gasteiger partial charge in [0, 0.05) is 18.3 Å². The molecule has 1 saturated heterocycles. The smallest absolute Gasteiger partial charge is 0.211 e. The van der Waals surface area contributed by atoms with Gasteiger partial charge in [-0.25, -0.2) is 13.1 Å². The van der Waals surface area contributed by atoms with Crippen LogP contribution < -0.4 is 4.72 Å². The number of aromatic nitrogens is 1. The lowest BCUT2D eigenvalue weighted by atomic mass is 9.96. The van der Waals surface area contributed by atoms with Gasteiger partial charge in [-0.1, -0.05) is 0 Å². The molecule has 0 aromatic carbocycles. The summed E-state index contributed by atoms with van der Waals surface area (Å²) in [6, 6.07) is 3.77. The highest BCUT2D eigenvalue weighted by atomic mass is 32.2. The Balaban J connectivity index is 2.00. The van der Waals surface area contributed by atoms with E-state index in [4.69, 9.17) is 4.74 Å². The highest BCUT2D eigenvalue weighted by molar-refractivity contribution is 7.89. The second-order valence-electron chi connectivity index (χ2n) is 4.48. The molecule has 1 aromatic rings. The summed E-state index contributed by atoms with van der Waals surface area (Å²) >= 11 is 0. The molecule has 2 atom stereocenters. The number of ether oxygens (including phenoxy) is 1. The van der Waals surface area contributed by atoms with Crippen molar-refractivity contribution in [3.63, 3.8) is 0 Å². The molecule has 6 heteroatoms. The molecule has 18 heavy (non-hydrogen) atoms. The molecule has 0 aliphatic carbocycles. The van der Waals surface area contributed by atoms with Crippen molar-refractivity contribution >= 4 is 10.0 Å². The average molecular weight is 270 g/mol. The van der Waals surface area contributed by atoms with Crippen molar-refractivity contribution in [1.82, 2.24) is 9.71 Å². The first-order chi connectivity index (χ1) is 8.61.